The average Bonchev–Trinajstić information content (AvgIpc) is 2.84. The fourth-order valence-electron chi connectivity index (χ4n) is 1.97. The van der Waals surface area contributed by atoms with E-state index >= 15 is 0 Å². The third-order valence-electron chi connectivity index (χ3n) is 3.13. The fraction of sp³-hybridized carbons (Fsp3) is 0.333. The molecule has 0 aliphatic heterocycles. The van der Waals surface area contributed by atoms with Gasteiger partial charge in [-0.3, -0.25) is 0 Å². The molecule has 0 saturated heterocycles. The Bertz CT molecular complexity index is 573. The minimum absolute atomic E-state index is 0.110. The van der Waals surface area contributed by atoms with Gasteiger partial charge in [-0.2, -0.15) is 0 Å². The standard InChI is InChI=1S/C15H17BrFNOS/c1-10(11-3-5-14(19-2)13(17)9-11)18-8-7-12-4-6-15(16)20-12/h3-6,9-10,18H,7-8H2,1-2H3. The molecule has 2 nitrogen and oxygen atoms in total. The molecule has 2 aromatic rings. The second-order valence-corrected chi connectivity index (χ2v) is 7.07. The Morgan fingerprint density at radius 2 is 2.15 bits per heavy atom. The molecule has 0 bridgehead atoms. The van der Waals surface area contributed by atoms with E-state index in [-0.39, 0.29) is 17.6 Å². The van der Waals surface area contributed by atoms with Gasteiger partial charge in [0.2, 0.25) is 0 Å². The van der Waals surface area contributed by atoms with Gasteiger partial charge in [-0.05, 0) is 59.1 Å². The highest BCUT2D eigenvalue weighted by atomic mass is 79.9. The molecule has 1 aromatic heterocycles. The smallest absolute Gasteiger partial charge is 0.165 e. The van der Waals surface area contributed by atoms with Crippen LogP contribution in [0.15, 0.2) is 34.1 Å². The molecule has 1 atom stereocenters. The lowest BCUT2D eigenvalue weighted by Crippen LogP contribution is -2.21. The number of halogens is 2. The van der Waals surface area contributed by atoms with E-state index in [2.05, 4.69) is 33.4 Å². The zero-order valence-electron chi connectivity index (χ0n) is 11.5. The molecule has 0 radical (unpaired) electrons. The first-order chi connectivity index (χ1) is 9.60. The lowest BCUT2D eigenvalue weighted by atomic mass is 10.1. The molecular formula is C15H17BrFNOS. The lowest BCUT2D eigenvalue weighted by molar-refractivity contribution is 0.385. The summed E-state index contributed by atoms with van der Waals surface area (Å²) in [4.78, 5) is 1.33. The Kier molecular flexibility index (Phi) is 5.57. The molecule has 0 aliphatic carbocycles. The van der Waals surface area contributed by atoms with Crippen molar-refractivity contribution in [1.29, 1.82) is 0 Å². The molecule has 108 valence electrons. The number of thiophene rings is 1. The number of nitrogens with one attached hydrogen (secondary N) is 1. The zero-order chi connectivity index (χ0) is 14.5. The molecule has 5 heteroatoms. The summed E-state index contributed by atoms with van der Waals surface area (Å²) in [6.07, 6.45) is 0.971. The zero-order valence-corrected chi connectivity index (χ0v) is 13.9. The molecule has 0 saturated carbocycles. The van der Waals surface area contributed by atoms with Crippen LogP contribution >= 0.6 is 27.3 Å². The average molecular weight is 358 g/mol. The molecule has 20 heavy (non-hydrogen) atoms. The predicted octanol–water partition coefficient (Wildman–Crippen LogP) is 4.55. The van der Waals surface area contributed by atoms with Crippen molar-refractivity contribution in [3.63, 3.8) is 0 Å². The van der Waals surface area contributed by atoms with Crippen molar-refractivity contribution in [3.05, 3.63) is 50.4 Å². The number of hydrogen-bond donors (Lipinski definition) is 1. The number of rotatable bonds is 6. The number of methoxy groups -OCH3 is 1. The Morgan fingerprint density at radius 1 is 1.35 bits per heavy atom. The second kappa shape index (κ2) is 7.20. The van der Waals surface area contributed by atoms with Gasteiger partial charge in [-0.15, -0.1) is 11.3 Å². The minimum Gasteiger partial charge on any atom is -0.494 e. The second-order valence-electron chi connectivity index (χ2n) is 4.53. The van der Waals surface area contributed by atoms with Crippen LogP contribution in [0.2, 0.25) is 0 Å². The highest BCUT2D eigenvalue weighted by molar-refractivity contribution is 9.11. The Hall–Kier alpha value is -0.910. The first kappa shape index (κ1) is 15.5. The molecule has 1 unspecified atom stereocenters. The van der Waals surface area contributed by atoms with Crippen LogP contribution in [0, 0.1) is 5.82 Å². The van der Waals surface area contributed by atoms with Gasteiger partial charge in [0.25, 0.3) is 0 Å². The van der Waals surface area contributed by atoms with Gasteiger partial charge >= 0.3 is 0 Å². The predicted molar refractivity (Wildman–Crippen MR) is 85.1 cm³/mol. The lowest BCUT2D eigenvalue weighted by Gasteiger charge is -2.14. The quantitative estimate of drug-likeness (QED) is 0.818. The molecule has 0 spiro atoms. The van der Waals surface area contributed by atoms with Crippen molar-refractivity contribution in [2.24, 2.45) is 0 Å². The Balaban J connectivity index is 1.88. The van der Waals surface area contributed by atoms with Crippen LogP contribution in [0.1, 0.15) is 23.4 Å². The monoisotopic (exact) mass is 357 g/mol. The van der Waals surface area contributed by atoms with E-state index in [1.807, 2.05) is 13.0 Å². The highest BCUT2D eigenvalue weighted by Crippen LogP contribution is 2.23. The van der Waals surface area contributed by atoms with Crippen LogP contribution in [0.5, 0.6) is 5.75 Å². The summed E-state index contributed by atoms with van der Waals surface area (Å²) in [7, 11) is 1.47. The van der Waals surface area contributed by atoms with Crippen molar-refractivity contribution < 1.29 is 9.13 Å². The molecule has 0 amide bonds. The third-order valence-corrected chi connectivity index (χ3v) is 4.81. The van der Waals surface area contributed by atoms with E-state index in [9.17, 15) is 4.39 Å². The van der Waals surface area contributed by atoms with Crippen molar-refractivity contribution in [1.82, 2.24) is 5.32 Å². The molecule has 0 fully saturated rings. The maximum absolute atomic E-state index is 13.6. The largest absolute Gasteiger partial charge is 0.494 e. The topological polar surface area (TPSA) is 21.3 Å². The van der Waals surface area contributed by atoms with Gasteiger partial charge in [0.15, 0.2) is 11.6 Å². The summed E-state index contributed by atoms with van der Waals surface area (Å²) >= 11 is 5.20. The van der Waals surface area contributed by atoms with Crippen molar-refractivity contribution in [2.75, 3.05) is 13.7 Å². The van der Waals surface area contributed by atoms with Crippen LogP contribution in [0.3, 0.4) is 0 Å². The van der Waals surface area contributed by atoms with Gasteiger partial charge < -0.3 is 10.1 Å². The minimum atomic E-state index is -0.319. The van der Waals surface area contributed by atoms with Gasteiger partial charge in [-0.1, -0.05) is 6.07 Å². The Labute approximate surface area is 131 Å². The maximum Gasteiger partial charge on any atom is 0.165 e. The van der Waals surface area contributed by atoms with E-state index in [1.165, 1.54) is 18.1 Å². The summed E-state index contributed by atoms with van der Waals surface area (Å²) in [6, 6.07) is 9.37. The maximum atomic E-state index is 13.6. The van der Waals surface area contributed by atoms with Gasteiger partial charge in [0, 0.05) is 17.5 Å². The van der Waals surface area contributed by atoms with E-state index in [0.29, 0.717) is 0 Å². The first-order valence-corrected chi connectivity index (χ1v) is 8.02. The van der Waals surface area contributed by atoms with E-state index < -0.39 is 0 Å². The van der Waals surface area contributed by atoms with Crippen LogP contribution in [-0.4, -0.2) is 13.7 Å². The SMILES string of the molecule is COc1ccc(C(C)NCCc2ccc(Br)s2)cc1F. The van der Waals surface area contributed by atoms with E-state index in [4.69, 9.17) is 4.74 Å². The number of benzene rings is 1. The van der Waals surface area contributed by atoms with Crippen LogP contribution in [0.25, 0.3) is 0 Å². The molecule has 0 aliphatic rings. The Morgan fingerprint density at radius 3 is 2.75 bits per heavy atom. The molecule has 1 N–H and O–H groups in total. The number of hydrogen-bond acceptors (Lipinski definition) is 3. The third kappa shape index (κ3) is 4.04. The first-order valence-electron chi connectivity index (χ1n) is 6.41. The van der Waals surface area contributed by atoms with Gasteiger partial charge in [0.05, 0.1) is 10.9 Å². The highest BCUT2D eigenvalue weighted by Gasteiger charge is 2.09. The summed E-state index contributed by atoms with van der Waals surface area (Å²) in [6.45, 7) is 2.90. The van der Waals surface area contributed by atoms with E-state index in [0.717, 1.165) is 22.3 Å². The fourth-order valence-corrected chi connectivity index (χ4v) is 3.45. The molecule has 1 aromatic carbocycles. The number of ether oxygens (including phenoxy) is 1. The van der Waals surface area contributed by atoms with Crippen LogP contribution in [-0.2, 0) is 6.42 Å². The molecule has 2 rings (SSSR count). The van der Waals surface area contributed by atoms with E-state index in [1.54, 1.807) is 17.4 Å². The van der Waals surface area contributed by atoms with Gasteiger partial charge in [-0.25, -0.2) is 4.39 Å². The normalized spacial score (nSPS) is 12.4. The van der Waals surface area contributed by atoms with Crippen molar-refractivity contribution in [3.8, 4) is 5.75 Å². The summed E-state index contributed by atoms with van der Waals surface area (Å²) in [5.41, 5.74) is 0.927. The van der Waals surface area contributed by atoms with Gasteiger partial charge in [0.1, 0.15) is 0 Å². The van der Waals surface area contributed by atoms with Crippen molar-refractivity contribution in [2.45, 2.75) is 19.4 Å². The van der Waals surface area contributed by atoms with Crippen molar-refractivity contribution >= 4 is 27.3 Å². The molecule has 1 heterocycles. The van der Waals surface area contributed by atoms with Crippen LogP contribution in [0.4, 0.5) is 4.39 Å². The molecular weight excluding hydrogens is 341 g/mol. The summed E-state index contributed by atoms with van der Waals surface area (Å²) in [5, 5.41) is 3.41. The summed E-state index contributed by atoms with van der Waals surface area (Å²) < 4.78 is 19.7. The summed E-state index contributed by atoms with van der Waals surface area (Å²) in [5.74, 6) is -0.0368. The van der Waals surface area contributed by atoms with Crippen LogP contribution < -0.4 is 10.1 Å².